The van der Waals surface area contributed by atoms with E-state index in [1.165, 1.54) is 19.2 Å². The van der Waals surface area contributed by atoms with Crippen molar-refractivity contribution < 1.29 is 21.3 Å². The summed E-state index contributed by atoms with van der Waals surface area (Å²) in [6.07, 6.45) is 0. The topological polar surface area (TPSA) is 111 Å². The van der Waals surface area contributed by atoms with Crippen molar-refractivity contribution in [3.05, 3.63) is 71.4 Å². The second kappa shape index (κ2) is 7.69. The lowest BCUT2D eigenvalue weighted by Crippen LogP contribution is -2.26. The maximum absolute atomic E-state index is 12.7. The smallest absolute Gasteiger partial charge is 0.243 e. The molecule has 2 aromatic carbocycles. The molecule has 0 aliphatic carbocycles. The van der Waals surface area contributed by atoms with Crippen LogP contribution in [0.5, 0.6) is 0 Å². The van der Waals surface area contributed by atoms with Gasteiger partial charge in [-0.05, 0) is 60.7 Å². The van der Waals surface area contributed by atoms with Crippen LogP contribution in [0, 0.1) is 0 Å². The van der Waals surface area contributed by atoms with Crippen LogP contribution in [0.25, 0.3) is 11.3 Å². The van der Waals surface area contributed by atoms with Gasteiger partial charge in [-0.15, -0.1) is 0 Å². The van der Waals surface area contributed by atoms with Gasteiger partial charge in [0.25, 0.3) is 0 Å². The van der Waals surface area contributed by atoms with Gasteiger partial charge in [0.05, 0.1) is 16.3 Å². The van der Waals surface area contributed by atoms with E-state index in [0.717, 1.165) is 22.0 Å². The van der Waals surface area contributed by atoms with E-state index in [9.17, 15) is 16.8 Å². The molecule has 1 heterocycles. The van der Waals surface area contributed by atoms with Crippen molar-refractivity contribution in [2.75, 3.05) is 7.05 Å². The zero-order valence-corrected chi connectivity index (χ0v) is 17.1. The summed E-state index contributed by atoms with van der Waals surface area (Å²) in [6, 6.07) is 15.2. The minimum Gasteiger partial charge on any atom is -0.460 e. The predicted octanol–water partition coefficient (Wildman–Crippen LogP) is 3.07. The monoisotopic (exact) mass is 440 g/mol. The molecule has 1 aromatic heterocycles. The van der Waals surface area contributed by atoms with E-state index in [4.69, 9.17) is 21.2 Å². The average molecular weight is 441 g/mol. The maximum atomic E-state index is 12.7. The highest BCUT2D eigenvalue weighted by Gasteiger charge is 2.23. The summed E-state index contributed by atoms with van der Waals surface area (Å²) in [5.74, 6) is 1.05. The number of primary sulfonamides is 1. The number of hydrogen-bond donors (Lipinski definition) is 1. The summed E-state index contributed by atoms with van der Waals surface area (Å²) in [7, 11) is -6.32. The molecule has 3 rings (SSSR count). The fourth-order valence-corrected chi connectivity index (χ4v) is 4.30. The Labute approximate surface area is 168 Å². The lowest BCUT2D eigenvalue weighted by molar-refractivity contribution is 0.410. The van der Waals surface area contributed by atoms with Crippen molar-refractivity contribution >= 4 is 31.6 Å². The molecule has 0 fully saturated rings. The Morgan fingerprint density at radius 2 is 1.46 bits per heavy atom. The van der Waals surface area contributed by atoms with Crippen molar-refractivity contribution in [3.8, 4) is 11.3 Å². The molecular weight excluding hydrogens is 424 g/mol. The van der Waals surface area contributed by atoms with Gasteiger partial charge in [0.2, 0.25) is 20.0 Å². The maximum Gasteiger partial charge on any atom is 0.243 e. The molecule has 0 aliphatic rings. The van der Waals surface area contributed by atoms with Crippen molar-refractivity contribution in [1.82, 2.24) is 4.31 Å². The third kappa shape index (κ3) is 4.45. The van der Waals surface area contributed by atoms with Crippen LogP contribution in [-0.4, -0.2) is 28.2 Å². The molecule has 0 saturated carbocycles. The molecule has 0 unspecified atom stereocenters. The predicted molar refractivity (Wildman–Crippen MR) is 106 cm³/mol. The quantitative estimate of drug-likeness (QED) is 0.633. The van der Waals surface area contributed by atoms with Crippen molar-refractivity contribution in [2.45, 2.75) is 16.3 Å². The molecule has 7 nitrogen and oxygen atoms in total. The fraction of sp³-hybridized carbons (Fsp3) is 0.111. The molecule has 0 radical (unpaired) electrons. The lowest BCUT2D eigenvalue weighted by atomic mass is 10.2. The SMILES string of the molecule is CN(Cc1ccc(-c2ccc(Cl)cc2)o1)S(=O)(=O)c1ccc(S(N)(=O)=O)cc1. The van der Waals surface area contributed by atoms with Gasteiger partial charge in [0.15, 0.2) is 0 Å². The molecule has 10 heteroatoms. The Balaban J connectivity index is 1.78. The van der Waals surface area contributed by atoms with Crippen molar-refractivity contribution in [1.29, 1.82) is 0 Å². The number of hydrogen-bond acceptors (Lipinski definition) is 5. The van der Waals surface area contributed by atoms with Gasteiger partial charge < -0.3 is 4.42 Å². The van der Waals surface area contributed by atoms with E-state index in [-0.39, 0.29) is 16.3 Å². The molecule has 0 aliphatic heterocycles. The van der Waals surface area contributed by atoms with Gasteiger partial charge in [-0.2, -0.15) is 4.31 Å². The van der Waals surface area contributed by atoms with E-state index in [1.54, 1.807) is 36.4 Å². The number of nitrogens with two attached hydrogens (primary N) is 1. The zero-order chi connectivity index (χ0) is 20.5. The second-order valence-electron chi connectivity index (χ2n) is 6.05. The summed E-state index contributed by atoms with van der Waals surface area (Å²) >= 11 is 5.87. The first-order chi connectivity index (χ1) is 13.1. The number of furan rings is 1. The van der Waals surface area contributed by atoms with Crippen LogP contribution in [0.3, 0.4) is 0 Å². The van der Waals surface area contributed by atoms with E-state index in [2.05, 4.69) is 0 Å². The van der Waals surface area contributed by atoms with E-state index in [1.807, 2.05) is 0 Å². The third-order valence-corrected chi connectivity index (χ3v) is 7.03. The first kappa shape index (κ1) is 20.6. The van der Waals surface area contributed by atoms with Gasteiger partial charge in [-0.1, -0.05) is 11.6 Å². The average Bonchev–Trinajstić information content (AvgIpc) is 3.10. The molecule has 0 atom stereocenters. The summed E-state index contributed by atoms with van der Waals surface area (Å²) in [5.41, 5.74) is 0.819. The summed E-state index contributed by atoms with van der Waals surface area (Å²) < 4.78 is 54.9. The third-order valence-electron chi connectivity index (χ3n) is 4.03. The molecule has 148 valence electrons. The number of benzene rings is 2. The lowest BCUT2D eigenvalue weighted by Gasteiger charge is -2.16. The highest BCUT2D eigenvalue weighted by Crippen LogP contribution is 2.25. The minimum atomic E-state index is -3.89. The van der Waals surface area contributed by atoms with Gasteiger partial charge in [-0.3, -0.25) is 0 Å². The van der Waals surface area contributed by atoms with Crippen LogP contribution in [0.15, 0.2) is 74.9 Å². The number of rotatable bonds is 6. The number of nitrogens with zero attached hydrogens (tertiary/aromatic N) is 1. The second-order valence-corrected chi connectivity index (χ2v) is 10.1. The van der Waals surface area contributed by atoms with Crippen molar-refractivity contribution in [2.24, 2.45) is 5.14 Å². The Bertz CT molecular complexity index is 1190. The Kier molecular flexibility index (Phi) is 5.64. The normalized spacial score (nSPS) is 12.4. The first-order valence-electron chi connectivity index (χ1n) is 8.01. The van der Waals surface area contributed by atoms with Crippen LogP contribution < -0.4 is 5.14 Å². The van der Waals surface area contributed by atoms with Crippen LogP contribution >= 0.6 is 11.6 Å². The molecule has 0 amide bonds. The number of halogens is 1. The van der Waals surface area contributed by atoms with Gasteiger partial charge in [-0.25, -0.2) is 22.0 Å². The van der Waals surface area contributed by atoms with E-state index >= 15 is 0 Å². The Morgan fingerprint density at radius 1 is 0.893 bits per heavy atom. The zero-order valence-electron chi connectivity index (χ0n) is 14.7. The van der Waals surface area contributed by atoms with Gasteiger partial charge in [0, 0.05) is 17.6 Å². The fourth-order valence-electron chi connectivity index (χ4n) is 2.52. The molecular formula is C18H17ClN2O5S2. The molecule has 28 heavy (non-hydrogen) atoms. The molecule has 0 spiro atoms. The summed E-state index contributed by atoms with van der Waals surface area (Å²) in [4.78, 5) is -0.209. The number of sulfonamides is 2. The molecule has 3 aromatic rings. The Hall–Kier alpha value is -2.17. The standard InChI is InChI=1S/C18H17ClN2O5S2/c1-21(28(24,25)17-9-7-16(8-10-17)27(20,22)23)12-15-6-11-18(26-15)13-2-4-14(19)5-3-13/h2-11H,12H2,1H3,(H2,20,22,23). The van der Waals surface area contributed by atoms with Crippen LogP contribution in [0.1, 0.15) is 5.76 Å². The van der Waals surface area contributed by atoms with Crippen LogP contribution in [0.2, 0.25) is 5.02 Å². The molecule has 0 saturated heterocycles. The van der Waals surface area contributed by atoms with Gasteiger partial charge in [0.1, 0.15) is 11.5 Å². The summed E-state index contributed by atoms with van der Waals surface area (Å²) in [5, 5.41) is 5.64. The van der Waals surface area contributed by atoms with Crippen LogP contribution in [-0.2, 0) is 26.6 Å². The molecule has 2 N–H and O–H groups in total. The van der Waals surface area contributed by atoms with Gasteiger partial charge >= 0.3 is 0 Å². The van der Waals surface area contributed by atoms with E-state index < -0.39 is 20.0 Å². The minimum absolute atomic E-state index is 0.00681. The van der Waals surface area contributed by atoms with Crippen molar-refractivity contribution in [3.63, 3.8) is 0 Å². The largest absolute Gasteiger partial charge is 0.460 e. The highest BCUT2D eigenvalue weighted by atomic mass is 35.5. The van der Waals surface area contributed by atoms with E-state index in [0.29, 0.717) is 16.5 Å². The van der Waals surface area contributed by atoms with Crippen LogP contribution in [0.4, 0.5) is 0 Å². The highest BCUT2D eigenvalue weighted by molar-refractivity contribution is 7.89. The summed E-state index contributed by atoms with van der Waals surface area (Å²) in [6.45, 7) is 0.00681. The molecule has 0 bridgehead atoms. The Morgan fingerprint density at radius 3 is 2.04 bits per heavy atom. The first-order valence-corrected chi connectivity index (χ1v) is 11.4.